The van der Waals surface area contributed by atoms with Crippen LogP contribution in [-0.4, -0.2) is 17.9 Å². The molecule has 1 heterocycles. The molecule has 1 atom stereocenters. The van der Waals surface area contributed by atoms with Crippen molar-refractivity contribution in [2.45, 2.75) is 12.5 Å². The molecule has 2 N–H and O–H groups in total. The van der Waals surface area contributed by atoms with Crippen molar-refractivity contribution in [2.75, 3.05) is 5.32 Å². The first kappa shape index (κ1) is 15.8. The predicted octanol–water partition coefficient (Wildman–Crippen LogP) is 3.90. The summed E-state index contributed by atoms with van der Waals surface area (Å²) in [7, 11) is 0. The Morgan fingerprint density at radius 1 is 0.920 bits per heavy atom. The van der Waals surface area contributed by atoms with E-state index in [1.54, 1.807) is 18.2 Å². The molecule has 0 aromatic heterocycles. The SMILES string of the molecule is O=C1NC(Cc2ccc3ccccc3c2)C(=O)Nc2ccc(Br)cc21. The van der Waals surface area contributed by atoms with Gasteiger partial charge < -0.3 is 10.6 Å². The highest BCUT2D eigenvalue weighted by molar-refractivity contribution is 9.10. The molecule has 0 spiro atoms. The van der Waals surface area contributed by atoms with Gasteiger partial charge in [0.1, 0.15) is 6.04 Å². The fraction of sp³-hybridized carbons (Fsp3) is 0.100. The second-order valence-corrected chi connectivity index (χ2v) is 7.01. The molecule has 1 aliphatic rings. The summed E-state index contributed by atoms with van der Waals surface area (Å²) in [5.74, 6) is -0.456. The van der Waals surface area contributed by atoms with Crippen LogP contribution in [0.4, 0.5) is 5.69 Å². The van der Waals surface area contributed by atoms with E-state index in [-0.39, 0.29) is 11.8 Å². The van der Waals surface area contributed by atoms with E-state index < -0.39 is 6.04 Å². The van der Waals surface area contributed by atoms with Crippen molar-refractivity contribution < 1.29 is 9.59 Å². The van der Waals surface area contributed by atoms with Crippen molar-refractivity contribution in [3.8, 4) is 0 Å². The third-order valence-corrected chi connectivity index (χ3v) is 4.85. The minimum Gasteiger partial charge on any atom is -0.340 e. The Labute approximate surface area is 153 Å². The number of nitrogens with one attached hydrogen (secondary N) is 2. The van der Waals surface area contributed by atoms with Crippen LogP contribution in [0.1, 0.15) is 15.9 Å². The van der Waals surface area contributed by atoms with Crippen molar-refractivity contribution in [3.05, 3.63) is 76.3 Å². The van der Waals surface area contributed by atoms with Crippen molar-refractivity contribution in [1.29, 1.82) is 0 Å². The molecule has 0 saturated heterocycles. The fourth-order valence-electron chi connectivity index (χ4n) is 3.08. The van der Waals surface area contributed by atoms with Gasteiger partial charge in [0, 0.05) is 10.9 Å². The molecule has 0 saturated carbocycles. The van der Waals surface area contributed by atoms with E-state index in [9.17, 15) is 9.59 Å². The van der Waals surface area contributed by atoms with Gasteiger partial charge in [-0.15, -0.1) is 0 Å². The van der Waals surface area contributed by atoms with Crippen LogP contribution in [0, 0.1) is 0 Å². The van der Waals surface area contributed by atoms with Gasteiger partial charge in [-0.3, -0.25) is 9.59 Å². The van der Waals surface area contributed by atoms with E-state index in [1.807, 2.05) is 36.4 Å². The van der Waals surface area contributed by atoms with Gasteiger partial charge in [-0.2, -0.15) is 0 Å². The average molecular weight is 395 g/mol. The Balaban J connectivity index is 1.62. The molecular weight excluding hydrogens is 380 g/mol. The van der Waals surface area contributed by atoms with Gasteiger partial charge in [0.2, 0.25) is 5.91 Å². The van der Waals surface area contributed by atoms with Crippen LogP contribution in [0.3, 0.4) is 0 Å². The molecule has 3 aromatic rings. The molecule has 2 amide bonds. The van der Waals surface area contributed by atoms with Crippen LogP contribution in [0.5, 0.6) is 0 Å². The normalized spacial score (nSPS) is 16.8. The Bertz CT molecular complexity index is 1000. The van der Waals surface area contributed by atoms with Gasteiger partial charge in [0.15, 0.2) is 0 Å². The quantitative estimate of drug-likeness (QED) is 0.692. The number of benzene rings is 3. The van der Waals surface area contributed by atoms with E-state index in [2.05, 4.69) is 32.6 Å². The Morgan fingerprint density at radius 2 is 1.72 bits per heavy atom. The van der Waals surface area contributed by atoms with E-state index in [0.29, 0.717) is 17.7 Å². The summed E-state index contributed by atoms with van der Waals surface area (Å²) in [4.78, 5) is 25.0. The Kier molecular flexibility index (Phi) is 4.01. The topological polar surface area (TPSA) is 58.2 Å². The van der Waals surface area contributed by atoms with Crippen LogP contribution in [0.2, 0.25) is 0 Å². The Hall–Kier alpha value is -2.66. The van der Waals surface area contributed by atoms with Crippen LogP contribution in [-0.2, 0) is 11.2 Å². The molecule has 0 bridgehead atoms. The number of hydrogen-bond acceptors (Lipinski definition) is 2. The summed E-state index contributed by atoms with van der Waals surface area (Å²) >= 11 is 3.36. The lowest BCUT2D eigenvalue weighted by molar-refractivity contribution is -0.117. The molecule has 0 aliphatic carbocycles. The molecular formula is C20H15BrN2O2. The zero-order valence-corrected chi connectivity index (χ0v) is 14.8. The highest BCUT2D eigenvalue weighted by Crippen LogP contribution is 2.24. The minimum atomic E-state index is -0.611. The van der Waals surface area contributed by atoms with Gasteiger partial charge in [0.05, 0.1) is 11.3 Å². The van der Waals surface area contributed by atoms with Gasteiger partial charge >= 0.3 is 0 Å². The summed E-state index contributed by atoms with van der Waals surface area (Å²) in [6.07, 6.45) is 0.442. The maximum Gasteiger partial charge on any atom is 0.254 e. The zero-order valence-electron chi connectivity index (χ0n) is 13.3. The summed E-state index contributed by atoms with van der Waals surface area (Å²) in [5.41, 5.74) is 2.00. The molecule has 0 radical (unpaired) electrons. The monoisotopic (exact) mass is 394 g/mol. The minimum absolute atomic E-state index is 0.206. The van der Waals surface area contributed by atoms with Gasteiger partial charge in [-0.05, 0) is 34.5 Å². The number of fused-ring (bicyclic) bond motifs is 2. The van der Waals surface area contributed by atoms with Crippen LogP contribution >= 0.6 is 15.9 Å². The third kappa shape index (κ3) is 3.15. The molecule has 25 heavy (non-hydrogen) atoms. The number of hydrogen-bond donors (Lipinski definition) is 2. The Morgan fingerprint density at radius 3 is 2.56 bits per heavy atom. The first-order chi connectivity index (χ1) is 12.1. The van der Waals surface area contributed by atoms with Crippen molar-refractivity contribution in [2.24, 2.45) is 0 Å². The van der Waals surface area contributed by atoms with E-state index >= 15 is 0 Å². The van der Waals surface area contributed by atoms with Crippen LogP contribution in [0.25, 0.3) is 10.8 Å². The maximum absolute atomic E-state index is 12.5. The third-order valence-electron chi connectivity index (χ3n) is 4.36. The first-order valence-electron chi connectivity index (χ1n) is 7.99. The smallest absolute Gasteiger partial charge is 0.254 e. The highest BCUT2D eigenvalue weighted by Gasteiger charge is 2.28. The van der Waals surface area contributed by atoms with Gasteiger partial charge in [0.25, 0.3) is 5.91 Å². The number of anilines is 1. The van der Waals surface area contributed by atoms with E-state index in [1.165, 1.54) is 0 Å². The average Bonchev–Trinajstić information content (AvgIpc) is 2.72. The molecule has 1 aliphatic heterocycles. The fourth-order valence-corrected chi connectivity index (χ4v) is 3.44. The summed E-state index contributed by atoms with van der Waals surface area (Å²) in [5, 5.41) is 7.95. The molecule has 124 valence electrons. The number of amides is 2. The number of carbonyl (C=O) groups is 2. The molecule has 1 unspecified atom stereocenters. The second-order valence-electron chi connectivity index (χ2n) is 6.09. The highest BCUT2D eigenvalue weighted by atomic mass is 79.9. The lowest BCUT2D eigenvalue weighted by Gasteiger charge is -2.15. The number of halogens is 1. The van der Waals surface area contributed by atoms with Crippen LogP contribution in [0.15, 0.2) is 65.1 Å². The molecule has 0 fully saturated rings. The maximum atomic E-state index is 12.5. The van der Waals surface area contributed by atoms with Gasteiger partial charge in [-0.25, -0.2) is 0 Å². The molecule has 5 heteroatoms. The lowest BCUT2D eigenvalue weighted by Crippen LogP contribution is -2.42. The summed E-state index contributed by atoms with van der Waals surface area (Å²) < 4.78 is 0.795. The number of carbonyl (C=O) groups excluding carboxylic acids is 2. The van der Waals surface area contributed by atoms with E-state index in [0.717, 1.165) is 20.8 Å². The molecule has 4 nitrogen and oxygen atoms in total. The zero-order chi connectivity index (χ0) is 17.4. The lowest BCUT2D eigenvalue weighted by atomic mass is 10.0. The van der Waals surface area contributed by atoms with Gasteiger partial charge in [-0.1, -0.05) is 58.4 Å². The van der Waals surface area contributed by atoms with Crippen molar-refractivity contribution in [3.63, 3.8) is 0 Å². The molecule has 4 rings (SSSR count). The summed E-state index contributed by atoms with van der Waals surface area (Å²) in [6, 6.07) is 18.8. The summed E-state index contributed by atoms with van der Waals surface area (Å²) in [6.45, 7) is 0. The standard InChI is InChI=1S/C20H15BrN2O2/c21-15-7-8-17-16(11-15)19(24)23-18(20(25)22-17)10-12-5-6-13-3-1-2-4-14(13)9-12/h1-9,11,18H,10H2,(H,22,25)(H,23,24). The second kappa shape index (κ2) is 6.33. The van der Waals surface area contributed by atoms with Crippen molar-refractivity contribution in [1.82, 2.24) is 5.32 Å². The van der Waals surface area contributed by atoms with E-state index in [4.69, 9.17) is 0 Å². The van der Waals surface area contributed by atoms with Crippen molar-refractivity contribution >= 4 is 44.2 Å². The predicted molar refractivity (Wildman–Crippen MR) is 102 cm³/mol. The largest absolute Gasteiger partial charge is 0.340 e. The number of rotatable bonds is 2. The molecule has 3 aromatic carbocycles. The van der Waals surface area contributed by atoms with Crippen LogP contribution < -0.4 is 10.6 Å². The first-order valence-corrected chi connectivity index (χ1v) is 8.78.